The number of rotatable bonds is 3. The Labute approximate surface area is 124 Å². The number of carbonyl (C=O) groups excluding carboxylic acids is 1. The summed E-state index contributed by atoms with van der Waals surface area (Å²) in [5.41, 5.74) is 4.02. The molecule has 1 aliphatic heterocycles. The van der Waals surface area contributed by atoms with E-state index in [0.717, 1.165) is 35.3 Å². The topological polar surface area (TPSA) is 51.2 Å². The van der Waals surface area contributed by atoms with E-state index in [4.69, 9.17) is 4.74 Å². The van der Waals surface area contributed by atoms with E-state index in [0.29, 0.717) is 6.61 Å². The van der Waals surface area contributed by atoms with E-state index < -0.39 is 0 Å². The molecule has 1 fully saturated rings. The van der Waals surface area contributed by atoms with Gasteiger partial charge in [-0.1, -0.05) is 12.1 Å². The van der Waals surface area contributed by atoms with Crippen LogP contribution in [-0.2, 0) is 9.53 Å². The number of anilines is 1. The fourth-order valence-corrected chi connectivity index (χ4v) is 2.48. The zero-order chi connectivity index (χ0) is 14.7. The van der Waals surface area contributed by atoms with E-state index >= 15 is 0 Å². The van der Waals surface area contributed by atoms with Crippen molar-refractivity contribution in [2.45, 2.75) is 25.9 Å². The van der Waals surface area contributed by atoms with Gasteiger partial charge in [-0.15, -0.1) is 0 Å². The second-order valence-corrected chi connectivity index (χ2v) is 5.25. The third-order valence-electron chi connectivity index (χ3n) is 3.60. The number of pyridine rings is 1. The number of benzene rings is 1. The summed E-state index contributed by atoms with van der Waals surface area (Å²) in [6.07, 6.45) is 3.27. The highest BCUT2D eigenvalue weighted by atomic mass is 16.5. The number of carbonyl (C=O) groups is 1. The van der Waals surface area contributed by atoms with E-state index in [1.54, 1.807) is 6.20 Å². The molecule has 0 spiro atoms. The van der Waals surface area contributed by atoms with E-state index in [-0.39, 0.29) is 12.0 Å². The molecule has 1 aromatic carbocycles. The monoisotopic (exact) mass is 282 g/mol. The summed E-state index contributed by atoms with van der Waals surface area (Å²) in [6.45, 7) is 2.65. The molecule has 1 aliphatic rings. The molecule has 1 amide bonds. The van der Waals surface area contributed by atoms with Crippen LogP contribution in [0.4, 0.5) is 5.69 Å². The van der Waals surface area contributed by atoms with Crippen LogP contribution in [0.5, 0.6) is 0 Å². The Morgan fingerprint density at radius 1 is 1.24 bits per heavy atom. The number of nitrogens with zero attached hydrogens (tertiary/aromatic N) is 1. The van der Waals surface area contributed by atoms with Gasteiger partial charge in [0.25, 0.3) is 5.91 Å². The van der Waals surface area contributed by atoms with E-state index in [1.165, 1.54) is 0 Å². The molecule has 4 nitrogen and oxygen atoms in total. The van der Waals surface area contributed by atoms with Gasteiger partial charge in [0.1, 0.15) is 6.10 Å². The van der Waals surface area contributed by atoms with Gasteiger partial charge >= 0.3 is 0 Å². The molecular formula is C17H18N2O2. The van der Waals surface area contributed by atoms with Crippen LogP contribution in [0, 0.1) is 6.92 Å². The molecule has 1 unspecified atom stereocenters. The van der Waals surface area contributed by atoms with Crippen LogP contribution in [0.15, 0.2) is 42.6 Å². The van der Waals surface area contributed by atoms with Crippen LogP contribution in [0.3, 0.4) is 0 Å². The molecule has 2 heterocycles. The zero-order valence-corrected chi connectivity index (χ0v) is 12.0. The van der Waals surface area contributed by atoms with Gasteiger partial charge in [0, 0.05) is 24.2 Å². The van der Waals surface area contributed by atoms with Gasteiger partial charge in [-0.3, -0.25) is 9.78 Å². The second kappa shape index (κ2) is 6.06. The molecule has 0 saturated carbocycles. The molecule has 2 aromatic rings. The first-order valence-electron chi connectivity index (χ1n) is 7.18. The van der Waals surface area contributed by atoms with Crippen molar-refractivity contribution >= 4 is 11.6 Å². The summed E-state index contributed by atoms with van der Waals surface area (Å²) < 4.78 is 5.37. The Morgan fingerprint density at radius 2 is 2.05 bits per heavy atom. The van der Waals surface area contributed by atoms with Crippen molar-refractivity contribution < 1.29 is 9.53 Å². The number of aryl methyl sites for hydroxylation is 1. The number of nitrogens with one attached hydrogen (secondary N) is 1. The summed E-state index contributed by atoms with van der Waals surface area (Å²) in [6, 6.07) is 11.8. The number of hydrogen-bond donors (Lipinski definition) is 1. The SMILES string of the molecule is Cc1cc(-c2ccc(NC(=O)C3CCCO3)cc2)ccn1. The van der Waals surface area contributed by atoms with E-state index in [9.17, 15) is 4.79 Å². The van der Waals surface area contributed by atoms with Crippen molar-refractivity contribution in [1.29, 1.82) is 0 Å². The van der Waals surface area contributed by atoms with Gasteiger partial charge in [0.15, 0.2) is 0 Å². The van der Waals surface area contributed by atoms with Gasteiger partial charge in [0.05, 0.1) is 0 Å². The summed E-state index contributed by atoms with van der Waals surface area (Å²) >= 11 is 0. The quantitative estimate of drug-likeness (QED) is 0.940. The molecule has 1 saturated heterocycles. The molecule has 3 rings (SSSR count). The number of ether oxygens (including phenoxy) is 1. The molecular weight excluding hydrogens is 264 g/mol. The van der Waals surface area contributed by atoms with Crippen LogP contribution in [0.2, 0.25) is 0 Å². The third-order valence-corrected chi connectivity index (χ3v) is 3.60. The minimum atomic E-state index is -0.299. The van der Waals surface area contributed by atoms with E-state index in [1.807, 2.05) is 43.3 Å². The number of amides is 1. The van der Waals surface area contributed by atoms with Crippen LogP contribution in [0.25, 0.3) is 11.1 Å². The minimum absolute atomic E-state index is 0.0556. The predicted octanol–water partition coefficient (Wildman–Crippen LogP) is 3.17. The average molecular weight is 282 g/mol. The first-order chi connectivity index (χ1) is 10.2. The van der Waals surface area contributed by atoms with Gasteiger partial charge in [0.2, 0.25) is 0 Å². The lowest BCUT2D eigenvalue weighted by Gasteiger charge is -2.11. The summed E-state index contributed by atoms with van der Waals surface area (Å²) in [5.74, 6) is -0.0556. The van der Waals surface area contributed by atoms with Crippen LogP contribution >= 0.6 is 0 Å². The predicted molar refractivity (Wildman–Crippen MR) is 82.0 cm³/mol. The van der Waals surface area contributed by atoms with Gasteiger partial charge in [-0.05, 0) is 55.2 Å². The first-order valence-corrected chi connectivity index (χ1v) is 7.18. The molecule has 1 atom stereocenters. The standard InChI is InChI=1S/C17H18N2O2/c1-12-11-14(8-9-18-12)13-4-6-15(7-5-13)19-17(20)16-3-2-10-21-16/h4-9,11,16H,2-3,10H2,1H3,(H,19,20). The molecule has 21 heavy (non-hydrogen) atoms. The van der Waals surface area contributed by atoms with Gasteiger partial charge in [-0.25, -0.2) is 0 Å². The third kappa shape index (κ3) is 3.28. The van der Waals surface area contributed by atoms with Crippen LogP contribution < -0.4 is 5.32 Å². The zero-order valence-electron chi connectivity index (χ0n) is 12.0. The smallest absolute Gasteiger partial charge is 0.253 e. The Bertz CT molecular complexity index is 631. The molecule has 4 heteroatoms. The Hall–Kier alpha value is -2.20. The average Bonchev–Trinajstić information content (AvgIpc) is 3.02. The van der Waals surface area contributed by atoms with Crippen LogP contribution in [0.1, 0.15) is 18.5 Å². The molecule has 108 valence electrons. The lowest BCUT2D eigenvalue weighted by atomic mass is 10.1. The molecule has 0 aliphatic carbocycles. The lowest BCUT2D eigenvalue weighted by Crippen LogP contribution is -2.26. The number of hydrogen-bond acceptors (Lipinski definition) is 3. The van der Waals surface area contributed by atoms with E-state index in [2.05, 4.69) is 10.3 Å². The van der Waals surface area contributed by atoms with Gasteiger partial charge in [-0.2, -0.15) is 0 Å². The van der Waals surface area contributed by atoms with Gasteiger partial charge < -0.3 is 10.1 Å². The molecule has 0 radical (unpaired) electrons. The highest BCUT2D eigenvalue weighted by Gasteiger charge is 2.23. The highest BCUT2D eigenvalue weighted by molar-refractivity contribution is 5.94. The van der Waals surface area contributed by atoms with Crippen molar-refractivity contribution in [3.8, 4) is 11.1 Å². The van der Waals surface area contributed by atoms with Crippen molar-refractivity contribution in [2.75, 3.05) is 11.9 Å². The molecule has 1 N–H and O–H groups in total. The normalized spacial score (nSPS) is 17.7. The summed E-state index contributed by atoms with van der Waals surface area (Å²) in [7, 11) is 0. The van der Waals surface area contributed by atoms with Crippen molar-refractivity contribution in [1.82, 2.24) is 4.98 Å². The Balaban J connectivity index is 1.70. The fraction of sp³-hybridized carbons (Fsp3) is 0.294. The summed E-state index contributed by atoms with van der Waals surface area (Å²) in [5, 5.41) is 2.90. The Morgan fingerprint density at radius 3 is 2.71 bits per heavy atom. The van der Waals surface area contributed by atoms with Crippen LogP contribution in [-0.4, -0.2) is 23.6 Å². The first kappa shape index (κ1) is 13.8. The highest BCUT2D eigenvalue weighted by Crippen LogP contribution is 2.22. The Kier molecular flexibility index (Phi) is 3.97. The second-order valence-electron chi connectivity index (χ2n) is 5.25. The summed E-state index contributed by atoms with van der Waals surface area (Å²) in [4.78, 5) is 16.2. The molecule has 1 aromatic heterocycles. The largest absolute Gasteiger partial charge is 0.368 e. The van der Waals surface area contributed by atoms with Crippen molar-refractivity contribution in [3.05, 3.63) is 48.3 Å². The maximum Gasteiger partial charge on any atom is 0.253 e. The molecule has 0 bridgehead atoms. The van der Waals surface area contributed by atoms with Crippen molar-refractivity contribution in [2.24, 2.45) is 0 Å². The maximum absolute atomic E-state index is 12.0. The minimum Gasteiger partial charge on any atom is -0.368 e. The lowest BCUT2D eigenvalue weighted by molar-refractivity contribution is -0.124. The number of aromatic nitrogens is 1. The van der Waals surface area contributed by atoms with Crippen molar-refractivity contribution in [3.63, 3.8) is 0 Å². The maximum atomic E-state index is 12.0. The fourth-order valence-electron chi connectivity index (χ4n) is 2.48.